The van der Waals surface area contributed by atoms with Crippen molar-refractivity contribution in [2.45, 2.75) is 71.3 Å². The Balaban J connectivity index is 2.16. The summed E-state index contributed by atoms with van der Waals surface area (Å²) in [5, 5.41) is 0. The van der Waals surface area contributed by atoms with E-state index in [1.807, 2.05) is 6.07 Å². The van der Waals surface area contributed by atoms with Gasteiger partial charge in [-0.2, -0.15) is 13.2 Å². The number of carbonyl (C=O) groups excluding carboxylic acids is 2. The zero-order chi connectivity index (χ0) is 21.7. The number of rotatable bonds is 9. The third kappa shape index (κ3) is 8.88. The molecule has 0 N–H and O–H groups in total. The second-order valence-electron chi connectivity index (χ2n) is 8.67. The largest absolute Gasteiger partial charge is 0.461 e. The van der Waals surface area contributed by atoms with Crippen LogP contribution in [0.15, 0.2) is 30.3 Å². The van der Waals surface area contributed by atoms with E-state index in [1.165, 1.54) is 0 Å². The predicted octanol–water partition coefficient (Wildman–Crippen LogP) is 5.45. The van der Waals surface area contributed by atoms with Crippen LogP contribution >= 0.6 is 0 Å². The molecule has 0 heterocycles. The molecule has 1 aliphatic rings. The van der Waals surface area contributed by atoms with Crippen molar-refractivity contribution in [2.75, 3.05) is 0 Å². The van der Waals surface area contributed by atoms with Crippen LogP contribution in [0.5, 0.6) is 0 Å². The van der Waals surface area contributed by atoms with E-state index in [-0.39, 0.29) is 12.5 Å². The summed E-state index contributed by atoms with van der Waals surface area (Å²) < 4.78 is 49.3. The molecule has 1 aliphatic carbocycles. The highest BCUT2D eigenvalue weighted by Crippen LogP contribution is 2.40. The first-order chi connectivity index (χ1) is 13.4. The minimum atomic E-state index is -4.42. The van der Waals surface area contributed by atoms with E-state index in [0.29, 0.717) is 6.42 Å². The lowest BCUT2D eigenvalue weighted by molar-refractivity contribution is -0.173. The van der Waals surface area contributed by atoms with E-state index in [4.69, 9.17) is 9.47 Å². The normalized spacial score (nSPS) is 16.8. The number of carbonyl (C=O) groups is 2. The fourth-order valence-corrected chi connectivity index (χ4v) is 3.15. The van der Waals surface area contributed by atoms with Crippen molar-refractivity contribution in [2.24, 2.45) is 17.8 Å². The van der Waals surface area contributed by atoms with Crippen molar-refractivity contribution in [3.63, 3.8) is 0 Å². The first-order valence-corrected chi connectivity index (χ1v) is 9.95. The molecule has 0 spiro atoms. The van der Waals surface area contributed by atoms with Gasteiger partial charge >= 0.3 is 18.1 Å². The minimum absolute atomic E-state index is 0.0490. The molecule has 2 atom stereocenters. The van der Waals surface area contributed by atoms with Gasteiger partial charge in [0.05, 0.1) is 11.8 Å². The van der Waals surface area contributed by atoms with Gasteiger partial charge in [-0.3, -0.25) is 9.59 Å². The zero-order valence-corrected chi connectivity index (χ0v) is 17.1. The number of ether oxygens (including phenoxy) is 2. The molecule has 0 amide bonds. The van der Waals surface area contributed by atoms with E-state index in [0.717, 1.165) is 18.4 Å². The van der Waals surface area contributed by atoms with Crippen LogP contribution in [0.1, 0.15) is 58.4 Å². The molecule has 0 aliphatic heterocycles. The highest BCUT2D eigenvalue weighted by molar-refractivity contribution is 5.82. The third-order valence-corrected chi connectivity index (χ3v) is 4.74. The Morgan fingerprint density at radius 2 is 1.66 bits per heavy atom. The van der Waals surface area contributed by atoms with Gasteiger partial charge in [-0.15, -0.1) is 0 Å². The van der Waals surface area contributed by atoms with Crippen LogP contribution in [0.25, 0.3) is 0 Å². The van der Waals surface area contributed by atoms with Gasteiger partial charge in [0, 0.05) is 6.42 Å². The molecule has 0 saturated heterocycles. The molecule has 0 aromatic heterocycles. The lowest BCUT2D eigenvalue weighted by atomic mass is 9.84. The van der Waals surface area contributed by atoms with E-state index in [2.05, 4.69) is 0 Å². The number of esters is 2. The van der Waals surface area contributed by atoms with Crippen molar-refractivity contribution >= 4 is 11.9 Å². The fourth-order valence-electron chi connectivity index (χ4n) is 3.15. The van der Waals surface area contributed by atoms with Gasteiger partial charge in [-0.05, 0) is 45.1 Å². The molecule has 7 heteroatoms. The lowest BCUT2D eigenvalue weighted by Crippen LogP contribution is -2.37. The summed E-state index contributed by atoms with van der Waals surface area (Å²) in [5.74, 6) is -3.30. The maximum Gasteiger partial charge on any atom is 0.389 e. The highest BCUT2D eigenvalue weighted by atomic mass is 19.4. The average Bonchev–Trinajstić information content (AvgIpc) is 3.41. The maximum atomic E-state index is 12.9. The second-order valence-corrected chi connectivity index (χ2v) is 8.67. The Bertz CT molecular complexity index is 676. The van der Waals surface area contributed by atoms with Crippen LogP contribution in [0.3, 0.4) is 0 Å². The summed E-state index contributed by atoms with van der Waals surface area (Å²) in [5.41, 5.74) is -0.0621. The Labute approximate surface area is 169 Å². The number of alkyl halides is 3. The molecular formula is C22H29F3O4. The molecule has 2 rings (SSSR count). The summed E-state index contributed by atoms with van der Waals surface area (Å²) >= 11 is 0. The van der Waals surface area contributed by atoms with Crippen molar-refractivity contribution in [3.8, 4) is 0 Å². The Kier molecular flexibility index (Phi) is 7.72. The molecule has 0 radical (unpaired) electrons. The van der Waals surface area contributed by atoms with E-state index < -0.39 is 48.4 Å². The van der Waals surface area contributed by atoms with Crippen LogP contribution < -0.4 is 0 Å². The van der Waals surface area contributed by atoms with Crippen LogP contribution in [-0.4, -0.2) is 23.7 Å². The Hall–Kier alpha value is -2.05. The highest BCUT2D eigenvalue weighted by Gasteiger charge is 2.42. The second kappa shape index (κ2) is 9.63. The van der Waals surface area contributed by atoms with Gasteiger partial charge in [0.25, 0.3) is 0 Å². The van der Waals surface area contributed by atoms with Crippen LogP contribution in [0.2, 0.25) is 0 Å². The maximum absolute atomic E-state index is 12.9. The van der Waals surface area contributed by atoms with Crippen molar-refractivity contribution in [1.29, 1.82) is 0 Å². The predicted molar refractivity (Wildman–Crippen MR) is 102 cm³/mol. The SMILES string of the molecule is CC(C)(C)OC(=O)[C@H](CC1CC1)[C@@H](CCC(F)(F)F)C(=O)OCc1ccccc1. The summed E-state index contributed by atoms with van der Waals surface area (Å²) in [6, 6.07) is 8.88. The summed E-state index contributed by atoms with van der Waals surface area (Å²) in [6.45, 7) is 5.03. The fraction of sp³-hybridized carbons (Fsp3) is 0.636. The van der Waals surface area contributed by atoms with Crippen molar-refractivity contribution in [1.82, 2.24) is 0 Å². The van der Waals surface area contributed by atoms with Gasteiger partial charge in [0.2, 0.25) is 0 Å². The molecule has 1 aromatic carbocycles. The van der Waals surface area contributed by atoms with Gasteiger partial charge in [0.1, 0.15) is 12.2 Å². The number of hydrogen-bond donors (Lipinski definition) is 0. The molecule has 4 nitrogen and oxygen atoms in total. The van der Waals surface area contributed by atoms with Crippen LogP contribution in [0, 0.1) is 17.8 Å². The van der Waals surface area contributed by atoms with Crippen LogP contribution in [-0.2, 0) is 25.7 Å². The Morgan fingerprint density at radius 3 is 2.17 bits per heavy atom. The van der Waals surface area contributed by atoms with Gasteiger partial charge in [-0.1, -0.05) is 43.2 Å². The summed E-state index contributed by atoms with van der Waals surface area (Å²) in [7, 11) is 0. The van der Waals surface area contributed by atoms with Crippen molar-refractivity contribution in [3.05, 3.63) is 35.9 Å². The molecule has 29 heavy (non-hydrogen) atoms. The van der Waals surface area contributed by atoms with Gasteiger partial charge in [0.15, 0.2) is 0 Å². The first-order valence-electron chi connectivity index (χ1n) is 9.95. The molecule has 162 valence electrons. The summed E-state index contributed by atoms with van der Waals surface area (Å²) in [6.07, 6.45) is -3.90. The summed E-state index contributed by atoms with van der Waals surface area (Å²) in [4.78, 5) is 25.5. The number of benzene rings is 1. The minimum Gasteiger partial charge on any atom is -0.461 e. The molecular weight excluding hydrogens is 385 g/mol. The first kappa shape index (κ1) is 23.2. The smallest absolute Gasteiger partial charge is 0.389 e. The molecule has 1 saturated carbocycles. The topological polar surface area (TPSA) is 52.6 Å². The standard InChI is InChI=1S/C22H29F3O4/c1-21(2,3)29-20(27)18(13-15-9-10-15)17(11-12-22(23,24)25)19(26)28-14-16-7-5-4-6-8-16/h4-8,15,17-18H,9-14H2,1-3H3/t17-,18-/m1/s1. The average molecular weight is 414 g/mol. The lowest BCUT2D eigenvalue weighted by Gasteiger charge is -2.28. The monoisotopic (exact) mass is 414 g/mol. The molecule has 1 aromatic rings. The third-order valence-electron chi connectivity index (χ3n) is 4.74. The Morgan fingerprint density at radius 1 is 1.03 bits per heavy atom. The molecule has 0 bridgehead atoms. The van der Waals surface area contributed by atoms with E-state index >= 15 is 0 Å². The number of halogens is 3. The van der Waals surface area contributed by atoms with Crippen molar-refractivity contribution < 1.29 is 32.2 Å². The molecule has 0 unspecified atom stereocenters. The van der Waals surface area contributed by atoms with E-state index in [1.54, 1.807) is 45.0 Å². The van der Waals surface area contributed by atoms with E-state index in [9.17, 15) is 22.8 Å². The quantitative estimate of drug-likeness (QED) is 0.505. The molecule has 1 fully saturated rings. The van der Waals surface area contributed by atoms with Gasteiger partial charge in [-0.25, -0.2) is 0 Å². The zero-order valence-electron chi connectivity index (χ0n) is 17.1. The van der Waals surface area contributed by atoms with Crippen LogP contribution in [0.4, 0.5) is 13.2 Å². The van der Waals surface area contributed by atoms with Gasteiger partial charge < -0.3 is 9.47 Å². The number of hydrogen-bond acceptors (Lipinski definition) is 4.